The molecule has 0 aromatic heterocycles. The van der Waals surface area contributed by atoms with Crippen LogP contribution in [-0.4, -0.2) is 83.7 Å². The molecule has 1 heterocycles. The van der Waals surface area contributed by atoms with Gasteiger partial charge in [0.05, 0.1) is 31.8 Å². The summed E-state index contributed by atoms with van der Waals surface area (Å²) in [4.78, 5) is 12.8. The Kier molecular flexibility index (Phi) is 11.3. The highest BCUT2D eigenvalue weighted by molar-refractivity contribution is 7.89. The molecule has 0 saturated heterocycles. The van der Waals surface area contributed by atoms with Crippen molar-refractivity contribution in [2.24, 2.45) is 0 Å². The van der Waals surface area contributed by atoms with Crippen LogP contribution in [0.2, 0.25) is 0 Å². The van der Waals surface area contributed by atoms with Crippen LogP contribution < -0.4 is 10.1 Å². The normalized spacial score (nSPS) is 17.2. The van der Waals surface area contributed by atoms with E-state index >= 15 is 0 Å². The van der Waals surface area contributed by atoms with E-state index in [1.165, 1.54) is 26.4 Å². The van der Waals surface area contributed by atoms with E-state index in [-0.39, 0.29) is 42.9 Å². The molecule has 1 amide bonds. The summed E-state index contributed by atoms with van der Waals surface area (Å²) in [5, 5.41) is 12.2. The highest BCUT2D eigenvalue weighted by atomic mass is 32.2. The van der Waals surface area contributed by atoms with Gasteiger partial charge in [-0.2, -0.15) is 4.31 Å². The summed E-state index contributed by atoms with van der Waals surface area (Å²) < 4.78 is 49.3. The van der Waals surface area contributed by atoms with Crippen LogP contribution in [0.15, 0.2) is 65.3 Å². The van der Waals surface area contributed by atoms with Crippen molar-refractivity contribution in [2.75, 3.05) is 53.7 Å². The number of nitrogens with one attached hydrogen (secondary N) is 1. The highest BCUT2D eigenvalue weighted by Gasteiger charge is 2.30. The minimum Gasteiger partial charge on any atom is -0.497 e. The average molecular weight is 559 g/mol. The molecule has 11 heteroatoms. The number of rotatable bonds is 14. The van der Waals surface area contributed by atoms with Crippen LogP contribution in [0, 0.1) is 12.3 Å². The predicted octanol–water partition coefficient (Wildman–Crippen LogP) is 1.85. The summed E-state index contributed by atoms with van der Waals surface area (Å²) in [7, 11) is -0.863. The van der Waals surface area contributed by atoms with Crippen LogP contribution in [0.4, 0.5) is 0 Å². The fourth-order valence-corrected chi connectivity index (χ4v) is 5.39. The lowest BCUT2D eigenvalue weighted by Crippen LogP contribution is -2.38. The van der Waals surface area contributed by atoms with E-state index in [0.717, 1.165) is 15.4 Å². The number of aliphatic hydroxyl groups is 1. The van der Waals surface area contributed by atoms with Crippen molar-refractivity contribution in [1.82, 2.24) is 9.62 Å². The lowest BCUT2D eigenvalue weighted by atomic mass is 9.92. The first-order valence-electron chi connectivity index (χ1n) is 12.4. The van der Waals surface area contributed by atoms with E-state index in [2.05, 4.69) is 11.2 Å². The van der Waals surface area contributed by atoms with Gasteiger partial charge >= 0.3 is 0 Å². The Hall–Kier alpha value is -3.40. The molecule has 10 nitrogen and oxygen atoms in total. The number of terminal acetylenes is 1. The van der Waals surface area contributed by atoms with Crippen molar-refractivity contribution in [3.05, 3.63) is 71.5 Å². The zero-order valence-electron chi connectivity index (χ0n) is 22.0. The van der Waals surface area contributed by atoms with Crippen molar-refractivity contribution in [3.63, 3.8) is 0 Å². The first kappa shape index (κ1) is 30.1. The van der Waals surface area contributed by atoms with Gasteiger partial charge in [0.1, 0.15) is 5.75 Å². The second kappa shape index (κ2) is 14.7. The topological polar surface area (TPSA) is 124 Å². The van der Waals surface area contributed by atoms with Gasteiger partial charge in [-0.3, -0.25) is 4.79 Å². The summed E-state index contributed by atoms with van der Waals surface area (Å²) in [5.41, 5.74) is 1.67. The Labute approximate surface area is 229 Å². The fraction of sp³-hybridized carbons (Fsp3) is 0.393. The summed E-state index contributed by atoms with van der Waals surface area (Å²) in [6.07, 6.45) is 6.79. The van der Waals surface area contributed by atoms with E-state index in [9.17, 15) is 18.3 Å². The minimum atomic E-state index is -3.90. The van der Waals surface area contributed by atoms with E-state index in [1.807, 2.05) is 24.3 Å². The molecule has 210 valence electrons. The molecule has 39 heavy (non-hydrogen) atoms. The molecule has 0 radical (unpaired) electrons. The van der Waals surface area contributed by atoms with Crippen molar-refractivity contribution in [2.45, 2.75) is 23.5 Å². The van der Waals surface area contributed by atoms with Gasteiger partial charge in [-0.15, -0.1) is 6.42 Å². The van der Waals surface area contributed by atoms with Gasteiger partial charge in [0.25, 0.3) is 5.91 Å². The molecule has 0 bridgehead atoms. The summed E-state index contributed by atoms with van der Waals surface area (Å²) in [5.74, 6) is 2.60. The smallest absolute Gasteiger partial charge is 0.286 e. The molecule has 1 aliphatic heterocycles. The maximum atomic E-state index is 13.2. The zero-order valence-corrected chi connectivity index (χ0v) is 22.9. The van der Waals surface area contributed by atoms with Gasteiger partial charge in [0, 0.05) is 44.6 Å². The number of sulfonamides is 1. The number of allylic oxidation sites excluding steroid dienone is 1. The van der Waals surface area contributed by atoms with E-state index in [4.69, 9.17) is 25.4 Å². The maximum Gasteiger partial charge on any atom is 0.286 e. The monoisotopic (exact) mass is 558 g/mol. The van der Waals surface area contributed by atoms with Gasteiger partial charge in [0.15, 0.2) is 5.76 Å². The van der Waals surface area contributed by atoms with Crippen LogP contribution in [0.25, 0.3) is 0 Å². The maximum absolute atomic E-state index is 13.2. The quantitative estimate of drug-likeness (QED) is 0.266. The van der Waals surface area contributed by atoms with Crippen LogP contribution in [0.3, 0.4) is 0 Å². The first-order chi connectivity index (χ1) is 18.8. The van der Waals surface area contributed by atoms with Crippen LogP contribution in [0.5, 0.6) is 5.75 Å². The van der Waals surface area contributed by atoms with Crippen molar-refractivity contribution < 1.29 is 37.3 Å². The minimum absolute atomic E-state index is 0.0264. The summed E-state index contributed by atoms with van der Waals surface area (Å²) in [6.45, 7) is 0.124. The number of nitrogens with zero attached hydrogens (tertiary/aromatic N) is 1. The third kappa shape index (κ3) is 8.29. The van der Waals surface area contributed by atoms with Crippen LogP contribution >= 0.6 is 0 Å². The Morgan fingerprint density at radius 2 is 1.85 bits per heavy atom. The lowest BCUT2D eigenvalue weighted by molar-refractivity contribution is -0.146. The molecule has 0 fully saturated rings. The number of carbonyl (C=O) groups excluding carboxylic acids is 1. The van der Waals surface area contributed by atoms with Crippen LogP contribution in [0.1, 0.15) is 23.5 Å². The number of hydrogen-bond donors (Lipinski definition) is 2. The van der Waals surface area contributed by atoms with Gasteiger partial charge in [-0.05, 0) is 48.0 Å². The second-order valence-corrected chi connectivity index (χ2v) is 10.5. The van der Waals surface area contributed by atoms with Crippen molar-refractivity contribution >= 4 is 15.9 Å². The molecule has 2 atom stereocenters. The molecule has 0 aliphatic carbocycles. The van der Waals surface area contributed by atoms with E-state index in [1.54, 1.807) is 18.2 Å². The SMILES string of the molecule is C#Cc1ccc([C@H]2C=C(C(=O)NCCOC)O[C@@H](OCCN(CCO)S(=O)(=O)c3ccc(OC)cc3)C2)cc1. The first-order valence-corrected chi connectivity index (χ1v) is 13.8. The van der Waals surface area contributed by atoms with E-state index in [0.29, 0.717) is 25.3 Å². The van der Waals surface area contributed by atoms with Gasteiger partial charge in [0.2, 0.25) is 16.3 Å². The molecule has 2 aromatic carbocycles. The van der Waals surface area contributed by atoms with Crippen molar-refractivity contribution in [3.8, 4) is 18.1 Å². The number of ether oxygens (including phenoxy) is 4. The van der Waals surface area contributed by atoms with E-state index < -0.39 is 22.2 Å². The Morgan fingerprint density at radius 1 is 1.13 bits per heavy atom. The molecule has 2 N–H and O–H groups in total. The third-order valence-corrected chi connectivity index (χ3v) is 7.98. The van der Waals surface area contributed by atoms with Gasteiger partial charge in [-0.1, -0.05) is 18.1 Å². The Bertz CT molecular complexity index is 1250. The predicted molar refractivity (Wildman–Crippen MR) is 144 cm³/mol. The molecule has 1 aliphatic rings. The molecule has 0 saturated carbocycles. The molecular weight excluding hydrogens is 524 g/mol. The number of carbonyl (C=O) groups is 1. The van der Waals surface area contributed by atoms with Crippen molar-refractivity contribution in [1.29, 1.82) is 0 Å². The third-order valence-electron chi connectivity index (χ3n) is 6.07. The Morgan fingerprint density at radius 3 is 2.46 bits per heavy atom. The van der Waals surface area contributed by atoms with Gasteiger partial charge in [-0.25, -0.2) is 8.42 Å². The molecule has 2 aromatic rings. The average Bonchev–Trinajstić information content (AvgIpc) is 2.96. The fourth-order valence-electron chi connectivity index (χ4n) is 3.98. The molecule has 0 spiro atoms. The standard InChI is InChI=1S/C28H34N2O8S/c1-4-21-5-7-22(8-6-21)23-19-26(28(32)29-13-17-35-2)38-27(20-23)37-18-15-30(14-16-31)39(33,34)25-11-9-24(36-3)10-12-25/h1,5-12,19,23,27,31H,13-18,20H2,2-3H3,(H,29,32)/t23-,27+/m0/s1. The van der Waals surface area contributed by atoms with Gasteiger partial charge < -0.3 is 29.4 Å². The molecule has 0 unspecified atom stereocenters. The summed E-state index contributed by atoms with van der Waals surface area (Å²) in [6, 6.07) is 13.4. The number of benzene rings is 2. The summed E-state index contributed by atoms with van der Waals surface area (Å²) >= 11 is 0. The lowest BCUT2D eigenvalue weighted by Gasteiger charge is -2.30. The second-order valence-electron chi connectivity index (χ2n) is 8.61. The molecular formula is C28H34N2O8S. The number of methoxy groups -OCH3 is 2. The number of hydrogen-bond acceptors (Lipinski definition) is 8. The van der Waals surface area contributed by atoms with Crippen LogP contribution in [-0.2, 0) is 29.0 Å². The molecule has 3 rings (SSSR count). The number of aliphatic hydroxyl groups excluding tert-OH is 1. The highest BCUT2D eigenvalue weighted by Crippen LogP contribution is 2.32. The Balaban J connectivity index is 1.71. The zero-order chi connectivity index (χ0) is 28.3. The number of amides is 1. The largest absolute Gasteiger partial charge is 0.497 e.